The van der Waals surface area contributed by atoms with Crippen molar-refractivity contribution in [1.29, 1.82) is 0 Å². The lowest BCUT2D eigenvalue weighted by Crippen LogP contribution is -2.46. The normalized spacial score (nSPS) is 23.0. The SMILES string of the molecule is CN1CCCC(C(=O)N(C)[C@@H]2CCN(c3ccc(NC(=O)ON4CCC(c5ccc(Cl)cc5)CC4)cc3)C2)C1. The number of likely N-dealkylation sites (tertiary alicyclic amines) is 1. The summed E-state index contributed by atoms with van der Waals surface area (Å²) < 4.78 is 0. The number of nitrogens with one attached hydrogen (secondary N) is 1. The number of piperidine rings is 2. The number of hydrogen-bond acceptors (Lipinski definition) is 6. The molecule has 0 aromatic heterocycles. The molecule has 9 heteroatoms. The Hall–Kier alpha value is -2.81. The van der Waals surface area contributed by atoms with Crippen LogP contribution in [0.3, 0.4) is 0 Å². The molecule has 3 heterocycles. The lowest BCUT2D eigenvalue weighted by molar-refractivity contribution is -0.137. The Morgan fingerprint density at radius 3 is 2.33 bits per heavy atom. The summed E-state index contributed by atoms with van der Waals surface area (Å²) in [5, 5.41) is 5.33. The van der Waals surface area contributed by atoms with Crippen molar-refractivity contribution in [3.05, 3.63) is 59.1 Å². The second-order valence-electron chi connectivity index (χ2n) is 11.2. The van der Waals surface area contributed by atoms with E-state index in [2.05, 4.69) is 34.3 Å². The number of likely N-dealkylation sites (N-methyl/N-ethyl adjacent to an activating group) is 1. The number of nitrogens with zero attached hydrogens (tertiary/aromatic N) is 4. The summed E-state index contributed by atoms with van der Waals surface area (Å²) in [5.74, 6) is 0.846. The predicted octanol–water partition coefficient (Wildman–Crippen LogP) is 5.06. The average molecular weight is 554 g/mol. The second-order valence-corrected chi connectivity index (χ2v) is 11.7. The van der Waals surface area contributed by atoms with Crippen LogP contribution in [0.4, 0.5) is 16.2 Å². The maximum Gasteiger partial charge on any atom is 0.430 e. The number of hydroxylamine groups is 2. The van der Waals surface area contributed by atoms with Gasteiger partial charge in [-0.2, -0.15) is 0 Å². The molecule has 2 atom stereocenters. The number of hydrogen-bond donors (Lipinski definition) is 1. The summed E-state index contributed by atoms with van der Waals surface area (Å²) in [5.41, 5.74) is 3.08. The van der Waals surface area contributed by atoms with E-state index in [9.17, 15) is 9.59 Å². The van der Waals surface area contributed by atoms with Gasteiger partial charge in [-0.1, -0.05) is 23.7 Å². The van der Waals surface area contributed by atoms with Crippen molar-refractivity contribution in [2.45, 2.75) is 44.1 Å². The highest BCUT2D eigenvalue weighted by atomic mass is 35.5. The van der Waals surface area contributed by atoms with Crippen molar-refractivity contribution < 1.29 is 14.4 Å². The molecule has 210 valence electrons. The van der Waals surface area contributed by atoms with Gasteiger partial charge in [0.2, 0.25) is 5.91 Å². The predicted molar refractivity (Wildman–Crippen MR) is 155 cm³/mol. The fourth-order valence-electron chi connectivity index (χ4n) is 6.16. The van der Waals surface area contributed by atoms with Gasteiger partial charge in [-0.25, -0.2) is 4.79 Å². The zero-order valence-electron chi connectivity index (χ0n) is 23.0. The smallest absolute Gasteiger partial charge is 0.369 e. The van der Waals surface area contributed by atoms with Crippen molar-refractivity contribution in [1.82, 2.24) is 14.9 Å². The summed E-state index contributed by atoms with van der Waals surface area (Å²) in [7, 11) is 4.06. The number of amides is 2. The highest BCUT2D eigenvalue weighted by molar-refractivity contribution is 6.30. The topological polar surface area (TPSA) is 68.4 Å². The first-order valence-electron chi connectivity index (χ1n) is 14.2. The third kappa shape index (κ3) is 7.04. The molecule has 2 aromatic rings. The van der Waals surface area contributed by atoms with Gasteiger partial charge in [0.15, 0.2) is 0 Å². The number of rotatable bonds is 6. The molecule has 1 N–H and O–H groups in total. The van der Waals surface area contributed by atoms with E-state index in [0.717, 1.165) is 69.0 Å². The van der Waals surface area contributed by atoms with E-state index in [1.807, 2.05) is 48.3 Å². The second kappa shape index (κ2) is 12.6. The molecule has 1 unspecified atom stereocenters. The number of halogens is 1. The van der Waals surface area contributed by atoms with Crippen LogP contribution in [0.15, 0.2) is 48.5 Å². The Morgan fingerprint density at radius 1 is 0.923 bits per heavy atom. The zero-order chi connectivity index (χ0) is 27.4. The molecule has 0 bridgehead atoms. The van der Waals surface area contributed by atoms with Crippen LogP contribution >= 0.6 is 11.6 Å². The molecule has 0 spiro atoms. The third-order valence-electron chi connectivity index (χ3n) is 8.52. The lowest BCUT2D eigenvalue weighted by Gasteiger charge is -2.34. The van der Waals surface area contributed by atoms with Gasteiger partial charge in [-0.05, 0) is 93.6 Å². The van der Waals surface area contributed by atoms with Crippen molar-refractivity contribution in [2.75, 3.05) is 63.6 Å². The number of carbonyl (C=O) groups is 2. The van der Waals surface area contributed by atoms with Crippen LogP contribution < -0.4 is 10.2 Å². The first kappa shape index (κ1) is 27.7. The van der Waals surface area contributed by atoms with Crippen molar-refractivity contribution in [3.8, 4) is 0 Å². The molecule has 0 saturated carbocycles. The van der Waals surface area contributed by atoms with Crippen LogP contribution in [0, 0.1) is 5.92 Å². The molecule has 3 saturated heterocycles. The van der Waals surface area contributed by atoms with Gasteiger partial charge in [-0.3, -0.25) is 10.1 Å². The summed E-state index contributed by atoms with van der Waals surface area (Å²) in [4.78, 5) is 37.7. The lowest BCUT2D eigenvalue weighted by atomic mass is 9.90. The third-order valence-corrected chi connectivity index (χ3v) is 8.77. The van der Waals surface area contributed by atoms with Gasteiger partial charge in [0.25, 0.3) is 0 Å². The number of carbonyl (C=O) groups excluding carboxylic acids is 2. The van der Waals surface area contributed by atoms with Crippen molar-refractivity contribution in [3.63, 3.8) is 0 Å². The molecule has 2 aromatic carbocycles. The molecular weight excluding hydrogens is 514 g/mol. The largest absolute Gasteiger partial charge is 0.430 e. The fraction of sp³-hybridized carbons (Fsp3) is 0.533. The molecule has 0 radical (unpaired) electrons. The molecule has 2 amide bonds. The van der Waals surface area contributed by atoms with E-state index in [-0.39, 0.29) is 17.9 Å². The zero-order valence-corrected chi connectivity index (χ0v) is 23.8. The van der Waals surface area contributed by atoms with Gasteiger partial charge in [-0.15, -0.1) is 5.06 Å². The van der Waals surface area contributed by atoms with Crippen LogP contribution in [-0.2, 0) is 9.63 Å². The summed E-state index contributed by atoms with van der Waals surface area (Å²) in [6.45, 7) is 5.07. The highest BCUT2D eigenvalue weighted by Crippen LogP contribution is 2.29. The Morgan fingerprint density at radius 2 is 1.64 bits per heavy atom. The van der Waals surface area contributed by atoms with E-state index in [1.54, 1.807) is 5.06 Å². The average Bonchev–Trinajstić information content (AvgIpc) is 3.44. The van der Waals surface area contributed by atoms with Gasteiger partial charge in [0, 0.05) is 56.2 Å². The van der Waals surface area contributed by atoms with Crippen LogP contribution in [-0.4, -0.2) is 86.3 Å². The van der Waals surface area contributed by atoms with E-state index in [4.69, 9.17) is 16.4 Å². The highest BCUT2D eigenvalue weighted by Gasteiger charge is 2.33. The molecule has 39 heavy (non-hydrogen) atoms. The first-order chi connectivity index (χ1) is 18.9. The van der Waals surface area contributed by atoms with Gasteiger partial charge in [0.1, 0.15) is 0 Å². The molecule has 0 aliphatic carbocycles. The first-order valence-corrected chi connectivity index (χ1v) is 14.5. The van der Waals surface area contributed by atoms with Crippen LogP contribution in [0.2, 0.25) is 5.02 Å². The van der Waals surface area contributed by atoms with E-state index in [1.165, 1.54) is 5.56 Å². The Labute approximate surface area is 236 Å². The van der Waals surface area contributed by atoms with Gasteiger partial charge in [0.05, 0.1) is 12.0 Å². The van der Waals surface area contributed by atoms with Gasteiger partial charge >= 0.3 is 6.09 Å². The summed E-state index contributed by atoms with van der Waals surface area (Å²) in [6.07, 6.45) is 4.43. The molecule has 3 aliphatic rings. The Kier molecular flexibility index (Phi) is 8.95. The minimum Gasteiger partial charge on any atom is -0.369 e. The summed E-state index contributed by atoms with van der Waals surface area (Å²) in [6, 6.07) is 16.1. The molecule has 5 rings (SSSR count). The van der Waals surface area contributed by atoms with Crippen molar-refractivity contribution in [2.24, 2.45) is 5.92 Å². The van der Waals surface area contributed by atoms with E-state index >= 15 is 0 Å². The van der Waals surface area contributed by atoms with Crippen molar-refractivity contribution >= 4 is 35.0 Å². The number of anilines is 2. The van der Waals surface area contributed by atoms with Gasteiger partial charge < -0.3 is 19.5 Å². The molecule has 3 aliphatic heterocycles. The van der Waals surface area contributed by atoms with Crippen LogP contribution in [0.1, 0.15) is 43.6 Å². The van der Waals surface area contributed by atoms with Crippen LogP contribution in [0.25, 0.3) is 0 Å². The summed E-state index contributed by atoms with van der Waals surface area (Å²) >= 11 is 6.01. The van der Waals surface area contributed by atoms with Crippen LogP contribution in [0.5, 0.6) is 0 Å². The Bertz CT molecular complexity index is 1120. The number of benzene rings is 2. The maximum absolute atomic E-state index is 13.1. The van der Waals surface area contributed by atoms with E-state index in [0.29, 0.717) is 24.7 Å². The molecular formula is C30H40ClN5O3. The van der Waals surface area contributed by atoms with E-state index < -0.39 is 6.09 Å². The molecule has 3 fully saturated rings. The minimum absolute atomic E-state index is 0.114. The Balaban J connectivity index is 1.06. The quantitative estimate of drug-likeness (QED) is 0.539. The minimum atomic E-state index is -0.470. The standard InChI is InChI=1S/C30H40ClN5O3/c1-33-16-3-4-24(20-33)29(37)34(2)28-15-17-35(21-28)27-11-9-26(10-12-27)32-30(38)39-36-18-13-23(14-19-36)22-5-7-25(31)8-6-22/h5-12,23-24,28H,3-4,13-21H2,1-2H3,(H,32,38)/t24?,28-/m1/s1. The maximum atomic E-state index is 13.1. The fourth-order valence-corrected chi connectivity index (χ4v) is 6.28. The monoisotopic (exact) mass is 553 g/mol. The molecule has 8 nitrogen and oxygen atoms in total.